The summed E-state index contributed by atoms with van der Waals surface area (Å²) in [6.45, 7) is 1.37. The summed E-state index contributed by atoms with van der Waals surface area (Å²) < 4.78 is 6.35. The molecule has 2 aromatic rings. The van der Waals surface area contributed by atoms with E-state index >= 15 is 0 Å². The molecule has 1 aromatic carbocycles. The van der Waals surface area contributed by atoms with Gasteiger partial charge in [-0.15, -0.1) is 0 Å². The van der Waals surface area contributed by atoms with E-state index in [-0.39, 0.29) is 0 Å². The highest BCUT2D eigenvalue weighted by atomic mass is 79.9. The Morgan fingerprint density at radius 3 is 2.71 bits per heavy atom. The van der Waals surface area contributed by atoms with Crippen LogP contribution in [0.2, 0.25) is 0 Å². The van der Waals surface area contributed by atoms with Crippen LogP contribution in [0.3, 0.4) is 0 Å². The van der Waals surface area contributed by atoms with Crippen molar-refractivity contribution in [1.82, 2.24) is 5.32 Å². The lowest BCUT2D eigenvalue weighted by molar-refractivity contribution is 0.473. The second-order valence-corrected chi connectivity index (χ2v) is 4.43. The van der Waals surface area contributed by atoms with Crippen molar-refractivity contribution in [3.05, 3.63) is 58.0 Å². The topological polar surface area (TPSA) is 49.0 Å². The molecule has 2 rings (SSSR count). The lowest BCUT2D eigenvalue weighted by Gasteiger charge is -2.04. The van der Waals surface area contributed by atoms with Gasteiger partial charge in [0.15, 0.2) is 0 Å². The van der Waals surface area contributed by atoms with Crippen molar-refractivity contribution in [3.63, 3.8) is 0 Å². The van der Waals surface area contributed by atoms with Gasteiger partial charge in [0, 0.05) is 11.0 Å². The number of rotatable bonds is 4. The smallest absolute Gasteiger partial charge is 0.203 e. The third-order valence-electron chi connectivity index (χ3n) is 2.34. The molecule has 0 spiro atoms. The zero-order chi connectivity index (χ0) is 12.1. The number of nitriles is 1. The maximum absolute atomic E-state index is 8.62. The molecule has 1 heterocycles. The fourth-order valence-corrected chi connectivity index (χ4v) is 1.92. The van der Waals surface area contributed by atoms with Crippen molar-refractivity contribution in [2.24, 2.45) is 0 Å². The molecule has 0 aliphatic rings. The van der Waals surface area contributed by atoms with Crippen LogP contribution in [0.4, 0.5) is 0 Å². The van der Waals surface area contributed by atoms with E-state index in [0.717, 1.165) is 16.8 Å². The van der Waals surface area contributed by atoms with Crippen LogP contribution in [-0.2, 0) is 13.1 Å². The number of benzene rings is 1. The van der Waals surface area contributed by atoms with Gasteiger partial charge in [0.1, 0.15) is 11.8 Å². The van der Waals surface area contributed by atoms with E-state index in [2.05, 4.69) is 27.3 Å². The average molecular weight is 291 g/mol. The second kappa shape index (κ2) is 5.67. The first kappa shape index (κ1) is 11.9. The normalized spacial score (nSPS) is 10.1. The van der Waals surface area contributed by atoms with Crippen LogP contribution in [0.15, 0.2) is 45.3 Å². The molecule has 1 N–H and O–H groups in total. The lowest BCUT2D eigenvalue weighted by Crippen LogP contribution is -2.12. The molecule has 0 aliphatic carbocycles. The molecule has 0 saturated heterocycles. The van der Waals surface area contributed by atoms with E-state index in [4.69, 9.17) is 9.68 Å². The van der Waals surface area contributed by atoms with Crippen molar-refractivity contribution in [2.75, 3.05) is 0 Å². The molecule has 4 heteroatoms. The number of halogens is 1. The molecular formula is C13H11BrN2O. The molecule has 0 amide bonds. The summed E-state index contributed by atoms with van der Waals surface area (Å²) in [7, 11) is 0. The van der Waals surface area contributed by atoms with E-state index in [9.17, 15) is 0 Å². The van der Waals surface area contributed by atoms with Crippen molar-refractivity contribution >= 4 is 15.9 Å². The highest BCUT2D eigenvalue weighted by Crippen LogP contribution is 2.15. The molecule has 0 atom stereocenters. The minimum Gasteiger partial charge on any atom is -0.449 e. The molecule has 3 nitrogen and oxygen atoms in total. The summed E-state index contributed by atoms with van der Waals surface area (Å²) >= 11 is 3.49. The van der Waals surface area contributed by atoms with Gasteiger partial charge in [-0.1, -0.05) is 34.1 Å². The van der Waals surface area contributed by atoms with E-state index < -0.39 is 0 Å². The zero-order valence-corrected chi connectivity index (χ0v) is 10.7. The van der Waals surface area contributed by atoms with Gasteiger partial charge in [-0.05, 0) is 23.8 Å². The van der Waals surface area contributed by atoms with Gasteiger partial charge in [-0.3, -0.25) is 0 Å². The minimum absolute atomic E-state index is 0.350. The van der Waals surface area contributed by atoms with Crippen molar-refractivity contribution in [1.29, 1.82) is 5.26 Å². The van der Waals surface area contributed by atoms with Gasteiger partial charge in [0.25, 0.3) is 0 Å². The molecule has 17 heavy (non-hydrogen) atoms. The number of furan rings is 1. The predicted molar refractivity (Wildman–Crippen MR) is 68.1 cm³/mol. The fourth-order valence-electron chi connectivity index (χ4n) is 1.50. The van der Waals surface area contributed by atoms with Crippen LogP contribution in [0, 0.1) is 11.3 Å². The largest absolute Gasteiger partial charge is 0.449 e. The summed E-state index contributed by atoms with van der Waals surface area (Å²) in [5, 5.41) is 11.9. The van der Waals surface area contributed by atoms with E-state index in [1.807, 2.05) is 30.3 Å². The maximum atomic E-state index is 8.62. The van der Waals surface area contributed by atoms with Crippen molar-refractivity contribution in [2.45, 2.75) is 13.1 Å². The molecule has 0 fully saturated rings. The Labute approximate surface area is 108 Å². The van der Waals surface area contributed by atoms with Crippen LogP contribution in [-0.4, -0.2) is 0 Å². The second-order valence-electron chi connectivity index (χ2n) is 3.57. The Kier molecular flexibility index (Phi) is 3.97. The highest BCUT2D eigenvalue weighted by molar-refractivity contribution is 9.10. The van der Waals surface area contributed by atoms with Crippen molar-refractivity contribution < 1.29 is 4.42 Å². The first-order valence-corrected chi connectivity index (χ1v) is 6.02. The van der Waals surface area contributed by atoms with Crippen LogP contribution >= 0.6 is 15.9 Å². The standard InChI is InChI=1S/C13H11BrN2O/c14-13-4-2-1-3-10(13)8-16-9-12-6-5-11(7-15)17-12/h1-6,16H,8-9H2. The van der Waals surface area contributed by atoms with E-state index in [1.165, 1.54) is 5.56 Å². The third kappa shape index (κ3) is 3.19. The van der Waals surface area contributed by atoms with Gasteiger partial charge >= 0.3 is 0 Å². The fraction of sp³-hybridized carbons (Fsp3) is 0.154. The summed E-state index contributed by atoms with van der Waals surface area (Å²) in [5.41, 5.74) is 1.19. The van der Waals surface area contributed by atoms with E-state index in [1.54, 1.807) is 6.07 Å². The van der Waals surface area contributed by atoms with Gasteiger partial charge in [-0.25, -0.2) is 0 Å². The van der Waals surface area contributed by atoms with Gasteiger partial charge in [0.2, 0.25) is 5.76 Å². The van der Waals surface area contributed by atoms with Gasteiger partial charge in [0.05, 0.1) is 6.54 Å². The number of nitrogens with one attached hydrogen (secondary N) is 1. The Morgan fingerprint density at radius 2 is 2.00 bits per heavy atom. The molecule has 0 bridgehead atoms. The predicted octanol–water partition coefficient (Wildman–Crippen LogP) is 3.20. The molecule has 86 valence electrons. The van der Waals surface area contributed by atoms with Crippen LogP contribution in [0.1, 0.15) is 17.1 Å². The van der Waals surface area contributed by atoms with Crippen LogP contribution < -0.4 is 5.32 Å². The Balaban J connectivity index is 1.88. The highest BCUT2D eigenvalue weighted by Gasteiger charge is 2.01. The molecule has 0 saturated carbocycles. The number of hydrogen-bond donors (Lipinski definition) is 1. The summed E-state index contributed by atoms with van der Waals surface area (Å²) in [6.07, 6.45) is 0. The quantitative estimate of drug-likeness (QED) is 0.941. The maximum Gasteiger partial charge on any atom is 0.203 e. The third-order valence-corrected chi connectivity index (χ3v) is 3.12. The molecule has 0 aliphatic heterocycles. The van der Waals surface area contributed by atoms with Gasteiger partial charge in [-0.2, -0.15) is 5.26 Å². The Bertz CT molecular complexity index is 542. The van der Waals surface area contributed by atoms with Gasteiger partial charge < -0.3 is 9.73 Å². The molecule has 0 radical (unpaired) electrons. The zero-order valence-electron chi connectivity index (χ0n) is 9.11. The first-order chi connectivity index (χ1) is 8.29. The van der Waals surface area contributed by atoms with Crippen LogP contribution in [0.25, 0.3) is 0 Å². The number of nitrogens with zero attached hydrogens (tertiary/aromatic N) is 1. The first-order valence-electron chi connectivity index (χ1n) is 5.22. The summed E-state index contributed by atoms with van der Waals surface area (Å²) in [4.78, 5) is 0. The van der Waals surface area contributed by atoms with Crippen molar-refractivity contribution in [3.8, 4) is 6.07 Å². The SMILES string of the molecule is N#Cc1ccc(CNCc2ccccc2Br)o1. The Morgan fingerprint density at radius 1 is 1.18 bits per heavy atom. The molecular weight excluding hydrogens is 280 g/mol. The van der Waals surface area contributed by atoms with Crippen LogP contribution in [0.5, 0.6) is 0 Å². The summed E-state index contributed by atoms with van der Waals surface area (Å²) in [6, 6.07) is 13.5. The molecule has 1 aromatic heterocycles. The minimum atomic E-state index is 0.350. The number of hydrogen-bond acceptors (Lipinski definition) is 3. The Hall–Kier alpha value is -1.57. The van der Waals surface area contributed by atoms with E-state index in [0.29, 0.717) is 12.3 Å². The monoisotopic (exact) mass is 290 g/mol. The lowest BCUT2D eigenvalue weighted by atomic mass is 10.2. The average Bonchev–Trinajstić information content (AvgIpc) is 2.80. The summed E-state index contributed by atoms with van der Waals surface area (Å²) in [5.74, 6) is 1.12. The molecule has 0 unspecified atom stereocenters.